The molecule has 0 saturated carbocycles. The summed E-state index contributed by atoms with van der Waals surface area (Å²) >= 11 is 0. The summed E-state index contributed by atoms with van der Waals surface area (Å²) in [7, 11) is 1.66. The fraction of sp³-hybridized carbons (Fsp3) is 0.636. The first-order chi connectivity index (χ1) is 8.87. The van der Waals surface area contributed by atoms with Crippen LogP contribution in [0.3, 0.4) is 0 Å². The van der Waals surface area contributed by atoms with Crippen LogP contribution in [0.5, 0.6) is 0 Å². The van der Waals surface area contributed by atoms with E-state index < -0.39 is 17.5 Å². The number of carbonyl (C=O) groups excluding carboxylic acids is 1. The quantitative estimate of drug-likeness (QED) is 0.849. The number of aryl methyl sites for hydroxylation is 1. The first-order valence-corrected chi connectivity index (χ1v) is 5.89. The molecule has 0 aliphatic carbocycles. The van der Waals surface area contributed by atoms with Gasteiger partial charge in [0.1, 0.15) is 0 Å². The minimum atomic E-state index is -4.55. The predicted octanol–water partition coefficient (Wildman–Crippen LogP) is 0.578. The number of nitrogens with zero attached hydrogens (tertiary/aromatic N) is 2. The molecule has 2 heterocycles. The number of aromatic nitrogens is 2. The van der Waals surface area contributed by atoms with Gasteiger partial charge in [0, 0.05) is 19.8 Å². The van der Waals surface area contributed by atoms with Gasteiger partial charge in [-0.25, -0.2) is 0 Å². The molecule has 8 heteroatoms. The van der Waals surface area contributed by atoms with Gasteiger partial charge in [-0.05, 0) is 19.0 Å². The average molecular weight is 276 g/mol. The summed E-state index contributed by atoms with van der Waals surface area (Å²) in [5.41, 5.74) is -1.66. The molecule has 1 unspecified atom stereocenters. The molecule has 0 aromatic carbocycles. The molecule has 1 fully saturated rings. The molecule has 2 N–H and O–H groups in total. The van der Waals surface area contributed by atoms with Crippen molar-refractivity contribution in [2.24, 2.45) is 12.5 Å². The molecular weight excluding hydrogens is 261 g/mol. The van der Waals surface area contributed by atoms with Crippen molar-refractivity contribution in [2.45, 2.75) is 19.1 Å². The van der Waals surface area contributed by atoms with Crippen LogP contribution in [0.15, 0.2) is 12.3 Å². The molecule has 5 nitrogen and oxygen atoms in total. The van der Waals surface area contributed by atoms with Crippen LogP contribution in [0.2, 0.25) is 0 Å². The Morgan fingerprint density at radius 2 is 2.37 bits per heavy atom. The van der Waals surface area contributed by atoms with Gasteiger partial charge in [0.05, 0.1) is 12.2 Å². The van der Waals surface area contributed by atoms with E-state index in [4.69, 9.17) is 0 Å². The highest BCUT2D eigenvalue weighted by molar-refractivity contribution is 5.84. The Kier molecular flexibility index (Phi) is 3.53. The molecular formula is C11H15F3N4O. The molecule has 1 aliphatic heterocycles. The second kappa shape index (κ2) is 4.84. The minimum absolute atomic E-state index is 0.0349. The van der Waals surface area contributed by atoms with E-state index in [1.54, 1.807) is 13.1 Å². The lowest BCUT2D eigenvalue weighted by molar-refractivity contribution is -0.216. The van der Waals surface area contributed by atoms with Crippen molar-refractivity contribution in [1.82, 2.24) is 20.4 Å². The highest BCUT2D eigenvalue weighted by Gasteiger charge is 2.61. The van der Waals surface area contributed by atoms with E-state index in [1.165, 1.54) is 10.9 Å². The van der Waals surface area contributed by atoms with Crippen molar-refractivity contribution in [2.75, 3.05) is 13.1 Å². The standard InChI is InChI=1S/C11H15F3N4O/c1-18-8(2-4-17-18)6-16-9(19)10(11(12,13)14)3-5-15-7-10/h2,4,15H,3,5-7H2,1H3,(H,16,19). The van der Waals surface area contributed by atoms with Crippen molar-refractivity contribution < 1.29 is 18.0 Å². The van der Waals surface area contributed by atoms with Crippen LogP contribution in [-0.2, 0) is 18.4 Å². The largest absolute Gasteiger partial charge is 0.404 e. The van der Waals surface area contributed by atoms with E-state index in [-0.39, 0.29) is 26.1 Å². The molecule has 1 aromatic rings. The molecule has 2 rings (SSSR count). The van der Waals surface area contributed by atoms with Crippen LogP contribution < -0.4 is 10.6 Å². The van der Waals surface area contributed by atoms with Gasteiger partial charge >= 0.3 is 6.18 Å². The molecule has 1 aliphatic rings. The normalized spacial score (nSPS) is 23.6. The number of rotatable bonds is 3. The van der Waals surface area contributed by atoms with E-state index in [0.29, 0.717) is 5.69 Å². The van der Waals surface area contributed by atoms with E-state index in [9.17, 15) is 18.0 Å². The summed E-state index contributed by atoms with van der Waals surface area (Å²) < 4.78 is 40.8. The maximum absolute atomic E-state index is 13.1. The van der Waals surface area contributed by atoms with Gasteiger partial charge < -0.3 is 10.6 Å². The van der Waals surface area contributed by atoms with E-state index in [0.717, 1.165) is 0 Å². The number of alkyl halides is 3. The van der Waals surface area contributed by atoms with E-state index in [1.807, 2.05) is 0 Å². The molecule has 106 valence electrons. The summed E-state index contributed by atoms with van der Waals surface area (Å²) in [5, 5.41) is 8.85. The first kappa shape index (κ1) is 13.9. The highest BCUT2D eigenvalue weighted by Crippen LogP contribution is 2.43. The van der Waals surface area contributed by atoms with Crippen LogP contribution in [0.1, 0.15) is 12.1 Å². The number of hydrogen-bond donors (Lipinski definition) is 2. The van der Waals surface area contributed by atoms with Crippen molar-refractivity contribution >= 4 is 5.91 Å². The zero-order valence-corrected chi connectivity index (χ0v) is 10.4. The van der Waals surface area contributed by atoms with Gasteiger partial charge in [0.2, 0.25) is 5.91 Å². The van der Waals surface area contributed by atoms with Crippen molar-refractivity contribution in [3.63, 3.8) is 0 Å². The van der Waals surface area contributed by atoms with Crippen molar-refractivity contribution in [3.8, 4) is 0 Å². The Morgan fingerprint density at radius 3 is 2.84 bits per heavy atom. The van der Waals surface area contributed by atoms with Crippen molar-refractivity contribution in [3.05, 3.63) is 18.0 Å². The molecule has 1 saturated heterocycles. The molecule has 0 bridgehead atoms. The average Bonchev–Trinajstić information content (AvgIpc) is 2.94. The van der Waals surface area contributed by atoms with Crippen LogP contribution in [0.25, 0.3) is 0 Å². The van der Waals surface area contributed by atoms with Gasteiger partial charge in [-0.2, -0.15) is 18.3 Å². The molecule has 0 radical (unpaired) electrons. The number of amides is 1. The Labute approximate surface area is 108 Å². The third-order valence-electron chi connectivity index (χ3n) is 3.49. The van der Waals surface area contributed by atoms with Gasteiger partial charge in [-0.1, -0.05) is 0 Å². The van der Waals surface area contributed by atoms with Gasteiger partial charge in [-0.3, -0.25) is 9.48 Å². The number of halogens is 3. The first-order valence-electron chi connectivity index (χ1n) is 5.89. The third-order valence-corrected chi connectivity index (χ3v) is 3.49. The SMILES string of the molecule is Cn1nccc1CNC(=O)C1(C(F)(F)F)CCNC1. The van der Waals surface area contributed by atoms with Crippen LogP contribution in [0, 0.1) is 5.41 Å². The maximum atomic E-state index is 13.1. The fourth-order valence-corrected chi connectivity index (χ4v) is 2.17. The van der Waals surface area contributed by atoms with Crippen LogP contribution >= 0.6 is 0 Å². The van der Waals surface area contributed by atoms with Gasteiger partial charge in [0.25, 0.3) is 0 Å². The lowest BCUT2D eigenvalue weighted by Gasteiger charge is -2.29. The Balaban J connectivity index is 2.07. The summed E-state index contributed by atoms with van der Waals surface area (Å²) in [5.74, 6) is -0.980. The summed E-state index contributed by atoms with van der Waals surface area (Å²) in [4.78, 5) is 11.9. The Bertz CT molecular complexity index is 463. The molecule has 0 spiro atoms. The summed E-state index contributed by atoms with van der Waals surface area (Å²) in [6.07, 6.45) is -3.25. The third kappa shape index (κ3) is 2.44. The second-order valence-corrected chi connectivity index (χ2v) is 4.64. The van der Waals surface area contributed by atoms with Crippen LogP contribution in [-0.4, -0.2) is 35.0 Å². The van der Waals surface area contributed by atoms with Crippen molar-refractivity contribution in [1.29, 1.82) is 0 Å². The molecule has 19 heavy (non-hydrogen) atoms. The van der Waals surface area contributed by atoms with Crippen LogP contribution in [0.4, 0.5) is 13.2 Å². The molecule has 1 atom stereocenters. The highest BCUT2D eigenvalue weighted by atomic mass is 19.4. The van der Waals surface area contributed by atoms with Gasteiger partial charge in [0.15, 0.2) is 5.41 Å². The fourth-order valence-electron chi connectivity index (χ4n) is 2.17. The minimum Gasteiger partial charge on any atom is -0.350 e. The Hall–Kier alpha value is -1.57. The smallest absolute Gasteiger partial charge is 0.350 e. The zero-order valence-electron chi connectivity index (χ0n) is 10.4. The number of carbonyl (C=O) groups is 1. The van der Waals surface area contributed by atoms with E-state index >= 15 is 0 Å². The lowest BCUT2D eigenvalue weighted by atomic mass is 9.85. The predicted molar refractivity (Wildman–Crippen MR) is 61.0 cm³/mol. The monoisotopic (exact) mass is 276 g/mol. The Morgan fingerprint density at radius 1 is 1.63 bits per heavy atom. The molecule has 1 aromatic heterocycles. The number of hydrogen-bond acceptors (Lipinski definition) is 3. The number of nitrogens with one attached hydrogen (secondary N) is 2. The zero-order chi connectivity index (χ0) is 14.1. The second-order valence-electron chi connectivity index (χ2n) is 4.64. The topological polar surface area (TPSA) is 59.0 Å². The lowest BCUT2D eigenvalue weighted by Crippen LogP contribution is -2.52. The molecule has 1 amide bonds. The van der Waals surface area contributed by atoms with E-state index in [2.05, 4.69) is 15.7 Å². The van der Waals surface area contributed by atoms with Gasteiger partial charge in [-0.15, -0.1) is 0 Å². The summed E-state index contributed by atoms with van der Waals surface area (Å²) in [6.45, 7) is -0.139. The summed E-state index contributed by atoms with van der Waals surface area (Å²) in [6, 6.07) is 1.65. The maximum Gasteiger partial charge on any atom is 0.404 e.